The fraction of sp³-hybridized carbons (Fsp3) is 0.467. The van der Waals surface area contributed by atoms with E-state index in [-0.39, 0.29) is 0 Å². The highest BCUT2D eigenvalue weighted by molar-refractivity contribution is 6.31. The monoisotopic (exact) mass is 277 g/mol. The van der Waals surface area contributed by atoms with Crippen molar-refractivity contribution in [2.75, 3.05) is 26.2 Å². The molecule has 1 fully saturated rings. The largest absolute Gasteiger partial charge is 0.361 e. The van der Waals surface area contributed by atoms with Crippen molar-refractivity contribution in [1.82, 2.24) is 9.88 Å². The third-order valence-electron chi connectivity index (χ3n) is 4.02. The number of nitrogens with zero attached hydrogens (tertiary/aromatic N) is 1. The zero-order valence-electron chi connectivity index (χ0n) is 11.0. The minimum Gasteiger partial charge on any atom is -0.361 e. The zero-order valence-corrected chi connectivity index (χ0v) is 11.8. The van der Waals surface area contributed by atoms with Crippen molar-refractivity contribution in [2.45, 2.75) is 12.8 Å². The standard InChI is InChI=1S/C15H20ClN3/c16-13-3-4-15-14(6-13)12(8-18-15)2-1-5-19-9-11(7-17)10-19/h3-4,6,8,11,18H,1-2,5,7,9-10,17H2. The molecule has 0 aliphatic carbocycles. The highest BCUT2D eigenvalue weighted by Crippen LogP contribution is 2.23. The number of benzene rings is 1. The van der Waals surface area contributed by atoms with E-state index >= 15 is 0 Å². The Hall–Kier alpha value is -1.03. The first kappa shape index (κ1) is 13.0. The van der Waals surface area contributed by atoms with Crippen LogP contribution in [-0.2, 0) is 6.42 Å². The number of hydrogen-bond acceptors (Lipinski definition) is 2. The normalized spacial score (nSPS) is 16.9. The number of aryl methyl sites for hydroxylation is 1. The predicted octanol–water partition coefficient (Wildman–Crippen LogP) is 2.64. The molecule has 102 valence electrons. The molecule has 0 saturated carbocycles. The van der Waals surface area contributed by atoms with Crippen LogP contribution in [-0.4, -0.2) is 36.1 Å². The van der Waals surface area contributed by atoms with Crippen LogP contribution in [0.4, 0.5) is 0 Å². The van der Waals surface area contributed by atoms with Crippen LogP contribution < -0.4 is 5.73 Å². The summed E-state index contributed by atoms with van der Waals surface area (Å²) < 4.78 is 0. The van der Waals surface area contributed by atoms with Crippen LogP contribution in [0.2, 0.25) is 5.02 Å². The van der Waals surface area contributed by atoms with Gasteiger partial charge in [-0.2, -0.15) is 0 Å². The molecule has 1 aromatic carbocycles. The van der Waals surface area contributed by atoms with E-state index in [1.807, 2.05) is 12.1 Å². The molecule has 2 heterocycles. The molecule has 0 unspecified atom stereocenters. The molecule has 0 atom stereocenters. The highest BCUT2D eigenvalue weighted by Gasteiger charge is 2.24. The Labute approximate surface area is 118 Å². The van der Waals surface area contributed by atoms with E-state index in [1.54, 1.807) is 0 Å². The molecule has 3 nitrogen and oxygen atoms in total. The van der Waals surface area contributed by atoms with Gasteiger partial charge in [0, 0.05) is 35.2 Å². The van der Waals surface area contributed by atoms with Crippen molar-refractivity contribution in [3.05, 3.63) is 35.0 Å². The molecule has 2 aromatic rings. The van der Waals surface area contributed by atoms with Crippen molar-refractivity contribution >= 4 is 22.5 Å². The van der Waals surface area contributed by atoms with E-state index in [1.165, 1.54) is 42.5 Å². The van der Waals surface area contributed by atoms with Gasteiger partial charge in [-0.25, -0.2) is 0 Å². The maximum absolute atomic E-state index is 6.06. The first-order valence-corrected chi connectivity index (χ1v) is 7.32. The van der Waals surface area contributed by atoms with E-state index in [0.717, 1.165) is 23.9 Å². The second kappa shape index (κ2) is 5.53. The lowest BCUT2D eigenvalue weighted by atomic mass is 9.99. The molecule has 0 amide bonds. The molecular formula is C15H20ClN3. The van der Waals surface area contributed by atoms with Gasteiger partial charge in [0.25, 0.3) is 0 Å². The number of nitrogens with one attached hydrogen (secondary N) is 1. The fourth-order valence-corrected chi connectivity index (χ4v) is 3.03. The molecule has 3 N–H and O–H groups in total. The summed E-state index contributed by atoms with van der Waals surface area (Å²) in [5.41, 5.74) is 8.18. The third kappa shape index (κ3) is 2.78. The number of rotatable bonds is 5. The average molecular weight is 278 g/mol. The van der Waals surface area contributed by atoms with Crippen LogP contribution in [0.3, 0.4) is 0 Å². The summed E-state index contributed by atoms with van der Waals surface area (Å²) >= 11 is 6.06. The summed E-state index contributed by atoms with van der Waals surface area (Å²) in [7, 11) is 0. The molecule has 1 aliphatic rings. The van der Waals surface area contributed by atoms with Crippen molar-refractivity contribution in [3.8, 4) is 0 Å². The Kier molecular flexibility index (Phi) is 3.78. The number of nitrogens with two attached hydrogens (primary N) is 1. The Morgan fingerprint density at radius 3 is 3.00 bits per heavy atom. The van der Waals surface area contributed by atoms with Gasteiger partial charge in [-0.1, -0.05) is 11.6 Å². The van der Waals surface area contributed by atoms with E-state index in [2.05, 4.69) is 22.1 Å². The maximum Gasteiger partial charge on any atom is 0.0457 e. The first-order chi connectivity index (χ1) is 9.26. The molecule has 1 aromatic heterocycles. The minimum absolute atomic E-state index is 0.729. The summed E-state index contributed by atoms with van der Waals surface area (Å²) in [6, 6.07) is 6.02. The van der Waals surface area contributed by atoms with Crippen LogP contribution in [0, 0.1) is 5.92 Å². The lowest BCUT2D eigenvalue weighted by molar-refractivity contribution is 0.105. The second-order valence-electron chi connectivity index (χ2n) is 5.47. The van der Waals surface area contributed by atoms with Gasteiger partial charge in [0.1, 0.15) is 0 Å². The Balaban J connectivity index is 1.55. The Morgan fingerprint density at radius 2 is 2.21 bits per heavy atom. The Morgan fingerprint density at radius 1 is 1.37 bits per heavy atom. The van der Waals surface area contributed by atoms with Crippen LogP contribution in [0.5, 0.6) is 0 Å². The SMILES string of the molecule is NCC1CN(CCCc2c[nH]c3ccc(Cl)cc23)C1. The van der Waals surface area contributed by atoms with Gasteiger partial charge < -0.3 is 15.6 Å². The van der Waals surface area contributed by atoms with Crippen molar-refractivity contribution < 1.29 is 0 Å². The van der Waals surface area contributed by atoms with E-state index in [4.69, 9.17) is 17.3 Å². The maximum atomic E-state index is 6.06. The fourth-order valence-electron chi connectivity index (χ4n) is 2.86. The second-order valence-corrected chi connectivity index (χ2v) is 5.91. The summed E-state index contributed by atoms with van der Waals surface area (Å²) in [5.74, 6) is 0.729. The lowest BCUT2D eigenvalue weighted by Gasteiger charge is -2.38. The first-order valence-electron chi connectivity index (χ1n) is 6.94. The average Bonchev–Trinajstić information content (AvgIpc) is 2.74. The van der Waals surface area contributed by atoms with Gasteiger partial charge in [0.15, 0.2) is 0 Å². The number of aromatic nitrogens is 1. The number of hydrogen-bond donors (Lipinski definition) is 2. The molecule has 3 rings (SSSR count). The highest BCUT2D eigenvalue weighted by atomic mass is 35.5. The molecule has 0 spiro atoms. The summed E-state index contributed by atoms with van der Waals surface area (Å²) in [6.07, 6.45) is 4.40. The summed E-state index contributed by atoms with van der Waals surface area (Å²) in [6.45, 7) is 4.35. The number of likely N-dealkylation sites (tertiary alicyclic amines) is 1. The van der Waals surface area contributed by atoms with Gasteiger partial charge in [-0.3, -0.25) is 0 Å². The van der Waals surface area contributed by atoms with Crippen LogP contribution in [0.15, 0.2) is 24.4 Å². The zero-order chi connectivity index (χ0) is 13.2. The van der Waals surface area contributed by atoms with Crippen molar-refractivity contribution in [3.63, 3.8) is 0 Å². The molecule has 0 radical (unpaired) electrons. The molecule has 1 aliphatic heterocycles. The molecule has 0 bridgehead atoms. The third-order valence-corrected chi connectivity index (χ3v) is 4.25. The number of aromatic amines is 1. The number of fused-ring (bicyclic) bond motifs is 1. The summed E-state index contributed by atoms with van der Waals surface area (Å²) in [4.78, 5) is 5.79. The van der Waals surface area contributed by atoms with Crippen LogP contribution in [0.25, 0.3) is 10.9 Å². The molecule has 4 heteroatoms. The van der Waals surface area contributed by atoms with Crippen LogP contribution >= 0.6 is 11.6 Å². The van der Waals surface area contributed by atoms with Gasteiger partial charge >= 0.3 is 0 Å². The van der Waals surface area contributed by atoms with E-state index < -0.39 is 0 Å². The Bertz CT molecular complexity index is 558. The lowest BCUT2D eigenvalue weighted by Crippen LogP contribution is -2.50. The van der Waals surface area contributed by atoms with Gasteiger partial charge in [-0.15, -0.1) is 0 Å². The van der Waals surface area contributed by atoms with Crippen molar-refractivity contribution in [1.29, 1.82) is 0 Å². The topological polar surface area (TPSA) is 45.0 Å². The van der Waals surface area contributed by atoms with Gasteiger partial charge in [0.2, 0.25) is 0 Å². The predicted molar refractivity (Wildman–Crippen MR) is 80.6 cm³/mol. The molecule has 19 heavy (non-hydrogen) atoms. The molecular weight excluding hydrogens is 258 g/mol. The number of halogens is 1. The van der Waals surface area contributed by atoms with Gasteiger partial charge in [0.05, 0.1) is 0 Å². The smallest absolute Gasteiger partial charge is 0.0457 e. The van der Waals surface area contributed by atoms with Crippen LogP contribution in [0.1, 0.15) is 12.0 Å². The van der Waals surface area contributed by atoms with E-state index in [9.17, 15) is 0 Å². The quantitative estimate of drug-likeness (QED) is 0.883. The van der Waals surface area contributed by atoms with E-state index in [0.29, 0.717) is 0 Å². The number of H-pyrrole nitrogens is 1. The van der Waals surface area contributed by atoms with Gasteiger partial charge in [-0.05, 0) is 55.6 Å². The molecule has 1 saturated heterocycles. The summed E-state index contributed by atoms with van der Waals surface area (Å²) in [5, 5.41) is 2.07. The van der Waals surface area contributed by atoms with Crippen molar-refractivity contribution in [2.24, 2.45) is 11.7 Å². The minimum atomic E-state index is 0.729.